The van der Waals surface area contributed by atoms with Crippen molar-refractivity contribution < 1.29 is 4.74 Å². The minimum absolute atomic E-state index is 0.451. The van der Waals surface area contributed by atoms with Crippen molar-refractivity contribution in [3.05, 3.63) is 59.8 Å². The quantitative estimate of drug-likeness (QED) is 0.580. The van der Waals surface area contributed by atoms with E-state index in [0.717, 1.165) is 24.9 Å². The molecule has 0 aliphatic rings. The number of pyridine rings is 1. The van der Waals surface area contributed by atoms with Gasteiger partial charge in [-0.1, -0.05) is 43.3 Å². The highest BCUT2D eigenvalue weighted by Gasteiger charge is 1.98. The summed E-state index contributed by atoms with van der Waals surface area (Å²) in [5.41, 5.74) is 8.15. The van der Waals surface area contributed by atoms with E-state index in [4.69, 9.17) is 10.5 Å². The molecule has 2 aromatic rings. The van der Waals surface area contributed by atoms with Crippen LogP contribution in [0.3, 0.4) is 0 Å². The fourth-order valence-corrected chi connectivity index (χ4v) is 2.01. The summed E-state index contributed by atoms with van der Waals surface area (Å²) in [6, 6.07) is 14.1. The van der Waals surface area contributed by atoms with Crippen molar-refractivity contribution in [2.75, 3.05) is 13.2 Å². The highest BCUT2D eigenvalue weighted by Crippen LogP contribution is 2.08. The molecule has 0 amide bonds. The lowest BCUT2D eigenvalue weighted by molar-refractivity contribution is 0.305. The normalized spacial score (nSPS) is 11.3. The number of aliphatic imine (C=N–C) groups is 1. The van der Waals surface area contributed by atoms with Crippen LogP contribution in [0.5, 0.6) is 5.88 Å². The lowest BCUT2D eigenvalue weighted by Crippen LogP contribution is -2.33. The fraction of sp³-hybridized carbons (Fsp3) is 0.333. The Morgan fingerprint density at radius 2 is 2.00 bits per heavy atom. The molecule has 0 spiro atoms. The molecule has 0 saturated heterocycles. The van der Waals surface area contributed by atoms with Crippen molar-refractivity contribution in [2.45, 2.75) is 26.3 Å². The molecule has 0 atom stereocenters. The lowest BCUT2D eigenvalue weighted by atomic mass is 10.1. The Hall–Kier alpha value is -2.56. The molecule has 0 unspecified atom stereocenters. The minimum atomic E-state index is 0.451. The largest absolute Gasteiger partial charge is 0.478 e. The summed E-state index contributed by atoms with van der Waals surface area (Å²) in [5.74, 6) is 1.10. The van der Waals surface area contributed by atoms with Crippen LogP contribution in [0.25, 0.3) is 0 Å². The number of nitrogens with two attached hydrogens (primary N) is 1. The van der Waals surface area contributed by atoms with Gasteiger partial charge < -0.3 is 15.8 Å². The molecular weight excluding hydrogens is 288 g/mol. The summed E-state index contributed by atoms with van der Waals surface area (Å²) in [6.07, 6.45) is 3.66. The van der Waals surface area contributed by atoms with Gasteiger partial charge in [-0.05, 0) is 24.0 Å². The van der Waals surface area contributed by atoms with Crippen molar-refractivity contribution in [3.63, 3.8) is 0 Å². The van der Waals surface area contributed by atoms with Gasteiger partial charge in [0.25, 0.3) is 0 Å². The molecule has 0 aliphatic carbocycles. The SMILES string of the molecule is CCCOc1ccc(CN=C(N)NCCc2ccccc2)cn1. The number of nitrogens with zero attached hydrogens (tertiary/aromatic N) is 2. The van der Waals surface area contributed by atoms with Crippen LogP contribution in [-0.2, 0) is 13.0 Å². The van der Waals surface area contributed by atoms with E-state index in [1.165, 1.54) is 5.56 Å². The molecule has 5 nitrogen and oxygen atoms in total. The molecule has 0 aliphatic heterocycles. The zero-order chi connectivity index (χ0) is 16.3. The van der Waals surface area contributed by atoms with Gasteiger partial charge >= 0.3 is 0 Å². The van der Waals surface area contributed by atoms with E-state index in [1.807, 2.05) is 30.3 Å². The van der Waals surface area contributed by atoms with E-state index in [-0.39, 0.29) is 0 Å². The maximum absolute atomic E-state index is 5.88. The number of ether oxygens (including phenoxy) is 1. The Morgan fingerprint density at radius 3 is 2.70 bits per heavy atom. The summed E-state index contributed by atoms with van der Waals surface area (Å²) < 4.78 is 5.45. The standard InChI is InChI=1S/C18H24N4O/c1-2-12-23-17-9-8-16(13-21-17)14-22-18(19)20-11-10-15-6-4-3-5-7-15/h3-9,13H,2,10-12,14H2,1H3,(H3,19,20,22). The average molecular weight is 312 g/mol. The number of hydrogen-bond donors (Lipinski definition) is 2. The molecule has 5 heteroatoms. The topological polar surface area (TPSA) is 72.5 Å². The molecule has 1 aromatic carbocycles. The number of aromatic nitrogens is 1. The Bertz CT molecular complexity index is 596. The molecule has 1 aromatic heterocycles. The van der Waals surface area contributed by atoms with Crippen molar-refractivity contribution in [2.24, 2.45) is 10.7 Å². The molecule has 0 saturated carbocycles. The molecular formula is C18H24N4O. The van der Waals surface area contributed by atoms with Gasteiger partial charge in [0.1, 0.15) is 0 Å². The second kappa shape index (κ2) is 9.46. The van der Waals surface area contributed by atoms with Crippen molar-refractivity contribution >= 4 is 5.96 Å². The molecule has 2 rings (SSSR count). The summed E-state index contributed by atoms with van der Waals surface area (Å²) in [6.45, 7) is 4.02. The van der Waals surface area contributed by atoms with E-state index in [1.54, 1.807) is 6.20 Å². The van der Waals surface area contributed by atoms with Gasteiger partial charge in [0.2, 0.25) is 5.88 Å². The fourth-order valence-electron chi connectivity index (χ4n) is 2.01. The zero-order valence-electron chi connectivity index (χ0n) is 13.5. The average Bonchev–Trinajstić information content (AvgIpc) is 2.60. The number of rotatable bonds is 8. The maximum Gasteiger partial charge on any atom is 0.213 e. The molecule has 1 heterocycles. The maximum atomic E-state index is 5.88. The van der Waals surface area contributed by atoms with Crippen LogP contribution in [0, 0.1) is 0 Å². The van der Waals surface area contributed by atoms with Gasteiger partial charge in [0.05, 0.1) is 13.2 Å². The van der Waals surface area contributed by atoms with E-state index >= 15 is 0 Å². The number of guanidine groups is 1. The number of nitrogens with one attached hydrogen (secondary N) is 1. The molecule has 3 N–H and O–H groups in total. The van der Waals surface area contributed by atoms with Gasteiger partial charge in [0, 0.05) is 18.8 Å². The Labute approximate surface area is 137 Å². The predicted octanol–water partition coefficient (Wildman–Crippen LogP) is 2.52. The molecule has 0 bridgehead atoms. The predicted molar refractivity (Wildman–Crippen MR) is 93.5 cm³/mol. The number of benzene rings is 1. The first kappa shape index (κ1) is 16.8. The van der Waals surface area contributed by atoms with E-state index in [2.05, 4.69) is 34.3 Å². The van der Waals surface area contributed by atoms with E-state index in [0.29, 0.717) is 25.0 Å². The van der Waals surface area contributed by atoms with Crippen LogP contribution in [-0.4, -0.2) is 24.1 Å². The molecule has 0 fully saturated rings. The Morgan fingerprint density at radius 1 is 1.17 bits per heavy atom. The Balaban J connectivity index is 1.73. The van der Waals surface area contributed by atoms with Gasteiger partial charge in [-0.25, -0.2) is 9.98 Å². The minimum Gasteiger partial charge on any atom is -0.478 e. The highest BCUT2D eigenvalue weighted by molar-refractivity contribution is 5.77. The van der Waals surface area contributed by atoms with Crippen molar-refractivity contribution in [3.8, 4) is 5.88 Å². The highest BCUT2D eigenvalue weighted by atomic mass is 16.5. The second-order valence-corrected chi connectivity index (χ2v) is 5.22. The molecule has 122 valence electrons. The van der Waals surface area contributed by atoms with Crippen LogP contribution in [0.1, 0.15) is 24.5 Å². The van der Waals surface area contributed by atoms with Gasteiger partial charge in [-0.15, -0.1) is 0 Å². The smallest absolute Gasteiger partial charge is 0.213 e. The molecule has 23 heavy (non-hydrogen) atoms. The van der Waals surface area contributed by atoms with Gasteiger partial charge in [0.15, 0.2) is 5.96 Å². The van der Waals surface area contributed by atoms with Crippen LogP contribution in [0.2, 0.25) is 0 Å². The van der Waals surface area contributed by atoms with E-state index in [9.17, 15) is 0 Å². The first-order chi connectivity index (χ1) is 11.3. The summed E-state index contributed by atoms with van der Waals surface area (Å²) >= 11 is 0. The third-order valence-corrected chi connectivity index (χ3v) is 3.25. The Kier molecular flexibility index (Phi) is 6.91. The van der Waals surface area contributed by atoms with Crippen molar-refractivity contribution in [1.29, 1.82) is 0 Å². The number of hydrogen-bond acceptors (Lipinski definition) is 3. The van der Waals surface area contributed by atoms with Crippen LogP contribution in [0.4, 0.5) is 0 Å². The van der Waals surface area contributed by atoms with Crippen molar-refractivity contribution in [1.82, 2.24) is 10.3 Å². The van der Waals surface area contributed by atoms with Gasteiger partial charge in [-0.2, -0.15) is 0 Å². The van der Waals surface area contributed by atoms with Crippen LogP contribution >= 0.6 is 0 Å². The second-order valence-electron chi connectivity index (χ2n) is 5.22. The summed E-state index contributed by atoms with van der Waals surface area (Å²) in [7, 11) is 0. The third kappa shape index (κ3) is 6.38. The summed E-state index contributed by atoms with van der Waals surface area (Å²) in [5, 5.41) is 3.12. The third-order valence-electron chi connectivity index (χ3n) is 3.25. The summed E-state index contributed by atoms with van der Waals surface area (Å²) in [4.78, 5) is 8.56. The van der Waals surface area contributed by atoms with Crippen LogP contribution in [0.15, 0.2) is 53.7 Å². The van der Waals surface area contributed by atoms with Crippen LogP contribution < -0.4 is 15.8 Å². The monoisotopic (exact) mass is 312 g/mol. The zero-order valence-corrected chi connectivity index (χ0v) is 13.5. The van der Waals surface area contributed by atoms with Gasteiger partial charge in [-0.3, -0.25) is 0 Å². The lowest BCUT2D eigenvalue weighted by Gasteiger charge is -2.06. The molecule has 0 radical (unpaired) electrons. The first-order valence-corrected chi connectivity index (χ1v) is 7.93. The van der Waals surface area contributed by atoms with E-state index < -0.39 is 0 Å². The first-order valence-electron chi connectivity index (χ1n) is 7.93.